The largest absolute Gasteiger partial charge is 0.310 e. The molecule has 0 atom stereocenters. The van der Waals surface area contributed by atoms with Crippen molar-refractivity contribution >= 4 is 60.4 Å². The molecule has 0 aliphatic heterocycles. The molecule has 0 spiro atoms. The van der Waals surface area contributed by atoms with Gasteiger partial charge < -0.3 is 9.47 Å². The summed E-state index contributed by atoms with van der Waals surface area (Å²) in [6.45, 7) is 0. The number of para-hydroxylation sites is 2. The number of hydrogen-bond donors (Lipinski definition) is 0. The van der Waals surface area contributed by atoms with Gasteiger partial charge in [0.1, 0.15) is 0 Å². The summed E-state index contributed by atoms with van der Waals surface area (Å²) in [5, 5.41) is 7.45. The third-order valence-electron chi connectivity index (χ3n) is 9.13. The first-order chi connectivity index (χ1) is 22.8. The molecule has 1 aromatic heterocycles. The molecule has 46 heavy (non-hydrogen) atoms. The highest BCUT2D eigenvalue weighted by Crippen LogP contribution is 2.45. The minimum atomic E-state index is 1.12. The summed E-state index contributed by atoms with van der Waals surface area (Å²) in [5.41, 5.74) is 9.39. The van der Waals surface area contributed by atoms with E-state index in [0.29, 0.717) is 0 Å². The van der Waals surface area contributed by atoms with Gasteiger partial charge in [0.25, 0.3) is 0 Å². The molecule has 0 saturated heterocycles. The van der Waals surface area contributed by atoms with E-state index in [1.54, 1.807) is 0 Å². The zero-order valence-electron chi connectivity index (χ0n) is 25.2. The fourth-order valence-electron chi connectivity index (χ4n) is 7.13. The van der Waals surface area contributed by atoms with E-state index >= 15 is 0 Å². The van der Waals surface area contributed by atoms with Crippen LogP contribution < -0.4 is 4.90 Å². The fraction of sp³-hybridized carbons (Fsp3) is 0. The lowest BCUT2D eigenvalue weighted by Gasteiger charge is -2.27. The average Bonchev–Trinajstić information content (AvgIpc) is 3.47. The van der Waals surface area contributed by atoms with Crippen LogP contribution in [0.1, 0.15) is 0 Å². The van der Waals surface area contributed by atoms with Crippen molar-refractivity contribution in [2.45, 2.75) is 0 Å². The van der Waals surface area contributed by atoms with Gasteiger partial charge in [0.05, 0.1) is 16.7 Å². The lowest BCUT2D eigenvalue weighted by Crippen LogP contribution is -2.10. The van der Waals surface area contributed by atoms with Gasteiger partial charge in [0.2, 0.25) is 0 Å². The second-order valence-corrected chi connectivity index (χ2v) is 11.8. The number of hydrogen-bond acceptors (Lipinski definition) is 1. The van der Waals surface area contributed by atoms with Gasteiger partial charge in [0.15, 0.2) is 0 Å². The molecule has 0 radical (unpaired) electrons. The van der Waals surface area contributed by atoms with Gasteiger partial charge in [-0.3, -0.25) is 0 Å². The Labute approximate surface area is 268 Å². The molecule has 0 N–H and O–H groups in total. The van der Waals surface area contributed by atoms with Crippen molar-refractivity contribution in [3.05, 3.63) is 182 Å². The number of aromatic nitrogens is 1. The van der Waals surface area contributed by atoms with Gasteiger partial charge in [-0.25, -0.2) is 0 Å². The molecule has 2 nitrogen and oxygen atoms in total. The molecule has 9 aromatic rings. The number of fused-ring (bicyclic) bond motifs is 6. The quantitative estimate of drug-likeness (QED) is 0.182. The van der Waals surface area contributed by atoms with Crippen LogP contribution in [-0.2, 0) is 0 Å². The SMILES string of the molecule is c1ccc(-c2cccc3c2c2cc(N(c4ccccc4)c4cc5ccccc5c5ccccc45)ccc2n3-c2ccccc2)cc1. The first-order valence-corrected chi connectivity index (χ1v) is 15.8. The molecular weight excluding hydrogens is 556 g/mol. The van der Waals surface area contributed by atoms with Crippen LogP contribution in [0.4, 0.5) is 17.1 Å². The highest BCUT2D eigenvalue weighted by molar-refractivity contribution is 6.18. The Hall–Kier alpha value is -6.12. The summed E-state index contributed by atoms with van der Waals surface area (Å²) in [6, 6.07) is 65.7. The molecule has 0 amide bonds. The van der Waals surface area contributed by atoms with Crippen molar-refractivity contribution in [1.29, 1.82) is 0 Å². The maximum atomic E-state index is 2.42. The number of rotatable bonds is 5. The molecule has 0 bridgehead atoms. The predicted octanol–water partition coefficient (Wildman–Crippen LogP) is 12.2. The van der Waals surface area contributed by atoms with Crippen LogP contribution in [-0.4, -0.2) is 4.57 Å². The minimum absolute atomic E-state index is 1.12. The van der Waals surface area contributed by atoms with E-state index in [1.807, 2.05) is 0 Å². The average molecular weight is 587 g/mol. The highest BCUT2D eigenvalue weighted by atomic mass is 15.1. The van der Waals surface area contributed by atoms with Crippen LogP contribution in [0.25, 0.3) is 60.2 Å². The van der Waals surface area contributed by atoms with Crippen LogP contribution in [0.2, 0.25) is 0 Å². The van der Waals surface area contributed by atoms with Crippen molar-refractivity contribution in [1.82, 2.24) is 4.57 Å². The molecule has 8 aromatic carbocycles. The van der Waals surface area contributed by atoms with Gasteiger partial charge in [-0.15, -0.1) is 0 Å². The van der Waals surface area contributed by atoms with E-state index in [9.17, 15) is 0 Å². The Morgan fingerprint density at radius 2 is 1.04 bits per heavy atom. The number of benzene rings is 8. The Balaban J connectivity index is 1.38. The third-order valence-corrected chi connectivity index (χ3v) is 9.13. The van der Waals surface area contributed by atoms with E-state index in [0.717, 1.165) is 22.7 Å². The van der Waals surface area contributed by atoms with E-state index in [2.05, 4.69) is 191 Å². The monoisotopic (exact) mass is 586 g/mol. The summed E-state index contributed by atoms with van der Waals surface area (Å²) in [4.78, 5) is 2.42. The van der Waals surface area contributed by atoms with Crippen molar-refractivity contribution in [2.75, 3.05) is 4.90 Å². The lowest BCUT2D eigenvalue weighted by molar-refractivity contribution is 1.18. The molecule has 2 heteroatoms. The van der Waals surface area contributed by atoms with Crippen LogP contribution in [0.3, 0.4) is 0 Å². The molecule has 0 unspecified atom stereocenters. The molecule has 216 valence electrons. The maximum Gasteiger partial charge on any atom is 0.0547 e. The topological polar surface area (TPSA) is 8.17 Å². The van der Waals surface area contributed by atoms with Crippen molar-refractivity contribution in [3.63, 3.8) is 0 Å². The molecular formula is C44H30N2. The molecule has 0 fully saturated rings. The Kier molecular flexibility index (Phi) is 6.17. The van der Waals surface area contributed by atoms with Crippen molar-refractivity contribution < 1.29 is 0 Å². The van der Waals surface area contributed by atoms with Gasteiger partial charge in [-0.05, 0) is 81.9 Å². The Morgan fingerprint density at radius 1 is 0.391 bits per heavy atom. The molecule has 0 aliphatic rings. The summed E-state index contributed by atoms with van der Waals surface area (Å²) < 4.78 is 2.40. The Bertz CT molecular complexity index is 2510. The zero-order valence-corrected chi connectivity index (χ0v) is 25.2. The standard InChI is InChI=1S/C44H30N2/c1-4-15-31(16-5-1)37-25-14-26-42-44(37)40-30-35(27-28-41(40)46(42)34-20-8-3-9-21-34)45(33-18-6-2-7-19-33)43-29-32-17-10-11-22-36(32)38-23-12-13-24-39(38)43/h1-30H. The maximum absolute atomic E-state index is 2.42. The predicted molar refractivity (Wildman–Crippen MR) is 196 cm³/mol. The van der Waals surface area contributed by atoms with E-state index < -0.39 is 0 Å². The van der Waals surface area contributed by atoms with Gasteiger partial charge in [-0.1, -0.05) is 127 Å². The number of nitrogens with zero attached hydrogens (tertiary/aromatic N) is 2. The van der Waals surface area contributed by atoms with E-state index in [-0.39, 0.29) is 0 Å². The van der Waals surface area contributed by atoms with Crippen molar-refractivity contribution in [2.24, 2.45) is 0 Å². The summed E-state index contributed by atoms with van der Waals surface area (Å²) in [6.07, 6.45) is 0. The Morgan fingerprint density at radius 3 is 1.83 bits per heavy atom. The van der Waals surface area contributed by atoms with Crippen LogP contribution in [0, 0.1) is 0 Å². The summed E-state index contributed by atoms with van der Waals surface area (Å²) in [7, 11) is 0. The first kappa shape index (κ1) is 26.3. The second kappa shape index (κ2) is 10.8. The first-order valence-electron chi connectivity index (χ1n) is 15.8. The van der Waals surface area contributed by atoms with Crippen molar-refractivity contribution in [3.8, 4) is 16.8 Å². The fourth-order valence-corrected chi connectivity index (χ4v) is 7.13. The summed E-state index contributed by atoms with van der Waals surface area (Å²) in [5.74, 6) is 0. The second-order valence-electron chi connectivity index (χ2n) is 11.8. The van der Waals surface area contributed by atoms with Crippen LogP contribution in [0.5, 0.6) is 0 Å². The smallest absolute Gasteiger partial charge is 0.0547 e. The molecule has 9 rings (SSSR count). The lowest BCUT2D eigenvalue weighted by atomic mass is 9.98. The molecule has 1 heterocycles. The van der Waals surface area contributed by atoms with Crippen LogP contribution in [0.15, 0.2) is 182 Å². The van der Waals surface area contributed by atoms with E-state index in [4.69, 9.17) is 0 Å². The third kappa shape index (κ3) is 4.19. The number of anilines is 3. The highest BCUT2D eigenvalue weighted by Gasteiger charge is 2.21. The molecule has 0 aliphatic carbocycles. The molecule has 0 saturated carbocycles. The van der Waals surface area contributed by atoms with Gasteiger partial charge in [-0.2, -0.15) is 0 Å². The van der Waals surface area contributed by atoms with Gasteiger partial charge in [0, 0.05) is 33.2 Å². The van der Waals surface area contributed by atoms with Gasteiger partial charge >= 0.3 is 0 Å². The van der Waals surface area contributed by atoms with E-state index in [1.165, 1.54) is 54.5 Å². The minimum Gasteiger partial charge on any atom is -0.310 e. The zero-order chi connectivity index (χ0) is 30.5. The van der Waals surface area contributed by atoms with Crippen LogP contribution >= 0.6 is 0 Å². The normalized spacial score (nSPS) is 11.5. The summed E-state index contributed by atoms with van der Waals surface area (Å²) >= 11 is 0.